The molecule has 2 heterocycles. The van der Waals surface area contributed by atoms with Crippen LogP contribution >= 0.6 is 0 Å². The van der Waals surface area contributed by atoms with Crippen LogP contribution in [-0.4, -0.2) is 40.6 Å². The Balaban J connectivity index is 1.79. The smallest absolute Gasteiger partial charge is 0.387 e. The molecule has 1 fully saturated rings. The van der Waals surface area contributed by atoms with Crippen LogP contribution in [0.4, 0.5) is 18.9 Å². The molecule has 26 heavy (non-hydrogen) atoms. The molecule has 1 saturated heterocycles. The van der Waals surface area contributed by atoms with Crippen molar-refractivity contribution in [3.8, 4) is 5.75 Å². The summed E-state index contributed by atoms with van der Waals surface area (Å²) in [5, 5.41) is 13.6. The average Bonchev–Trinajstić information content (AvgIpc) is 2.99. The lowest BCUT2D eigenvalue weighted by atomic mass is 10.1. The summed E-state index contributed by atoms with van der Waals surface area (Å²) in [6, 6.07) is 3.11. The fraction of sp³-hybridized carbons (Fsp3) is 0.438. The number of piperidine rings is 1. The van der Waals surface area contributed by atoms with Crippen LogP contribution in [0.3, 0.4) is 0 Å². The number of aromatic nitrogens is 3. The summed E-state index contributed by atoms with van der Waals surface area (Å²) in [6.45, 7) is 0.290. The van der Waals surface area contributed by atoms with E-state index in [1.165, 1.54) is 0 Å². The highest BCUT2D eigenvalue weighted by atomic mass is 19.3. The van der Waals surface area contributed by atoms with Crippen LogP contribution < -0.4 is 15.4 Å². The Morgan fingerprint density at radius 3 is 2.81 bits per heavy atom. The summed E-state index contributed by atoms with van der Waals surface area (Å²) in [5.41, 5.74) is 0.580. The lowest BCUT2D eigenvalue weighted by Crippen LogP contribution is -2.30. The molecule has 0 radical (unpaired) electrons. The van der Waals surface area contributed by atoms with Crippen molar-refractivity contribution in [3.63, 3.8) is 0 Å². The van der Waals surface area contributed by atoms with E-state index in [1.807, 2.05) is 0 Å². The number of amides is 1. The summed E-state index contributed by atoms with van der Waals surface area (Å²) in [4.78, 5) is 12.5. The Morgan fingerprint density at radius 1 is 1.38 bits per heavy atom. The summed E-state index contributed by atoms with van der Waals surface area (Å²) >= 11 is 0. The first kappa shape index (κ1) is 18.2. The maximum atomic E-state index is 13.3. The minimum absolute atomic E-state index is 0.0764. The van der Waals surface area contributed by atoms with Crippen LogP contribution in [0, 0.1) is 12.7 Å². The van der Waals surface area contributed by atoms with Crippen molar-refractivity contribution in [1.82, 2.24) is 20.3 Å². The quantitative estimate of drug-likeness (QED) is 0.846. The lowest BCUT2D eigenvalue weighted by Gasteiger charge is -2.23. The van der Waals surface area contributed by atoms with Gasteiger partial charge in [0.05, 0.1) is 17.4 Å². The monoisotopic (exact) mass is 369 g/mol. The third-order valence-corrected chi connectivity index (χ3v) is 4.20. The van der Waals surface area contributed by atoms with E-state index in [1.54, 1.807) is 11.6 Å². The Labute approximate surface area is 147 Å². The number of halogens is 3. The SMILES string of the molecule is Cc1c(C(=O)Nc2ccc(F)cc2OC(F)F)nnn1C1CCNCC1. The summed E-state index contributed by atoms with van der Waals surface area (Å²) in [7, 11) is 0. The van der Waals surface area contributed by atoms with Gasteiger partial charge in [0, 0.05) is 6.07 Å². The molecule has 1 aliphatic heterocycles. The largest absolute Gasteiger partial charge is 0.432 e. The molecule has 1 aromatic heterocycles. The van der Waals surface area contributed by atoms with Gasteiger partial charge in [0.15, 0.2) is 11.4 Å². The van der Waals surface area contributed by atoms with Crippen molar-refractivity contribution >= 4 is 11.6 Å². The van der Waals surface area contributed by atoms with E-state index in [-0.39, 0.29) is 17.4 Å². The van der Waals surface area contributed by atoms with E-state index < -0.39 is 24.1 Å². The van der Waals surface area contributed by atoms with Gasteiger partial charge in [-0.05, 0) is 45.0 Å². The number of ether oxygens (including phenoxy) is 1. The van der Waals surface area contributed by atoms with Gasteiger partial charge in [-0.1, -0.05) is 5.21 Å². The van der Waals surface area contributed by atoms with Crippen molar-refractivity contribution < 1.29 is 22.7 Å². The van der Waals surface area contributed by atoms with Crippen LogP contribution in [0.15, 0.2) is 18.2 Å². The highest BCUT2D eigenvalue weighted by molar-refractivity contribution is 6.04. The minimum atomic E-state index is -3.14. The average molecular weight is 369 g/mol. The number of rotatable bonds is 5. The number of anilines is 1. The van der Waals surface area contributed by atoms with Crippen LogP contribution in [0.5, 0.6) is 5.75 Å². The van der Waals surface area contributed by atoms with Gasteiger partial charge in [0.2, 0.25) is 0 Å². The number of carbonyl (C=O) groups excluding carboxylic acids is 1. The third-order valence-electron chi connectivity index (χ3n) is 4.20. The molecule has 140 valence electrons. The van der Waals surface area contributed by atoms with Crippen molar-refractivity contribution in [2.24, 2.45) is 0 Å². The van der Waals surface area contributed by atoms with E-state index in [9.17, 15) is 18.0 Å². The highest BCUT2D eigenvalue weighted by Gasteiger charge is 2.24. The second-order valence-electron chi connectivity index (χ2n) is 5.92. The highest BCUT2D eigenvalue weighted by Crippen LogP contribution is 2.28. The number of carbonyl (C=O) groups is 1. The fourth-order valence-electron chi connectivity index (χ4n) is 2.92. The van der Waals surface area contributed by atoms with Gasteiger partial charge in [-0.3, -0.25) is 4.79 Å². The second-order valence-corrected chi connectivity index (χ2v) is 5.92. The number of benzene rings is 1. The number of nitrogens with one attached hydrogen (secondary N) is 2. The number of nitrogens with zero attached hydrogens (tertiary/aromatic N) is 3. The second kappa shape index (κ2) is 7.73. The van der Waals surface area contributed by atoms with E-state index in [4.69, 9.17) is 0 Å². The molecular weight excluding hydrogens is 351 g/mol. The molecule has 0 bridgehead atoms. The molecule has 1 aliphatic rings. The zero-order chi connectivity index (χ0) is 18.7. The molecule has 10 heteroatoms. The molecule has 0 saturated carbocycles. The Hall–Kier alpha value is -2.62. The van der Waals surface area contributed by atoms with Gasteiger partial charge >= 0.3 is 6.61 Å². The van der Waals surface area contributed by atoms with Crippen molar-refractivity contribution in [2.45, 2.75) is 32.4 Å². The molecule has 2 N–H and O–H groups in total. The maximum Gasteiger partial charge on any atom is 0.387 e. The topological polar surface area (TPSA) is 81.1 Å². The van der Waals surface area contributed by atoms with Gasteiger partial charge in [-0.15, -0.1) is 5.10 Å². The van der Waals surface area contributed by atoms with Crippen LogP contribution in [0.25, 0.3) is 0 Å². The molecule has 0 unspecified atom stereocenters. The number of hydrogen-bond donors (Lipinski definition) is 2. The van der Waals surface area contributed by atoms with Crippen molar-refractivity contribution in [1.29, 1.82) is 0 Å². The first-order chi connectivity index (χ1) is 12.5. The predicted octanol–water partition coefficient (Wildman–Crippen LogP) is 2.50. The van der Waals surface area contributed by atoms with E-state index in [0.717, 1.165) is 44.1 Å². The first-order valence-electron chi connectivity index (χ1n) is 8.14. The van der Waals surface area contributed by atoms with Crippen LogP contribution in [-0.2, 0) is 0 Å². The molecule has 1 amide bonds. The minimum Gasteiger partial charge on any atom is -0.432 e. The maximum absolute atomic E-state index is 13.3. The number of alkyl halides is 2. The van der Waals surface area contributed by atoms with Crippen molar-refractivity contribution in [3.05, 3.63) is 35.4 Å². The van der Waals surface area contributed by atoms with Crippen molar-refractivity contribution in [2.75, 3.05) is 18.4 Å². The molecule has 3 rings (SSSR count). The summed E-state index contributed by atoms with van der Waals surface area (Å²) < 4.78 is 44.2. The molecule has 0 atom stereocenters. The lowest BCUT2D eigenvalue weighted by molar-refractivity contribution is -0.0495. The number of hydrogen-bond acceptors (Lipinski definition) is 5. The Morgan fingerprint density at radius 2 is 2.12 bits per heavy atom. The van der Waals surface area contributed by atoms with E-state index in [2.05, 4.69) is 25.7 Å². The van der Waals surface area contributed by atoms with Gasteiger partial charge in [-0.2, -0.15) is 8.78 Å². The van der Waals surface area contributed by atoms with Gasteiger partial charge < -0.3 is 15.4 Å². The van der Waals surface area contributed by atoms with Crippen LogP contribution in [0.2, 0.25) is 0 Å². The molecule has 0 aliphatic carbocycles. The zero-order valence-electron chi connectivity index (χ0n) is 14.0. The Bertz CT molecular complexity index is 790. The zero-order valence-corrected chi connectivity index (χ0v) is 14.0. The first-order valence-corrected chi connectivity index (χ1v) is 8.14. The standard InChI is InChI=1S/C16H18F3N5O2/c1-9-14(22-23-24(9)11-4-6-20-7-5-11)15(25)21-12-3-2-10(17)8-13(12)26-16(18)19/h2-3,8,11,16,20H,4-7H2,1H3,(H,21,25). The van der Waals surface area contributed by atoms with Gasteiger partial charge in [0.1, 0.15) is 5.82 Å². The normalized spacial score (nSPS) is 15.3. The van der Waals surface area contributed by atoms with Gasteiger partial charge in [-0.25, -0.2) is 9.07 Å². The Kier molecular flexibility index (Phi) is 5.40. The fourth-order valence-corrected chi connectivity index (χ4v) is 2.92. The molecule has 2 aromatic rings. The van der Waals surface area contributed by atoms with Gasteiger partial charge in [0.25, 0.3) is 5.91 Å². The van der Waals surface area contributed by atoms with Crippen LogP contribution in [0.1, 0.15) is 35.1 Å². The third kappa shape index (κ3) is 3.96. The molecule has 0 spiro atoms. The molecule has 1 aromatic carbocycles. The molecule has 7 nitrogen and oxygen atoms in total. The predicted molar refractivity (Wildman–Crippen MR) is 86.9 cm³/mol. The van der Waals surface area contributed by atoms with E-state index >= 15 is 0 Å². The van der Waals surface area contributed by atoms with E-state index in [0.29, 0.717) is 5.69 Å². The summed E-state index contributed by atoms with van der Waals surface area (Å²) in [6.07, 6.45) is 1.74. The molecular formula is C16H18F3N5O2. The summed E-state index contributed by atoms with van der Waals surface area (Å²) in [5.74, 6) is -1.85.